The van der Waals surface area contributed by atoms with Crippen LogP contribution in [0.2, 0.25) is 0 Å². The number of hydrogen-bond donors (Lipinski definition) is 1. The molecule has 1 unspecified atom stereocenters. The van der Waals surface area contributed by atoms with Gasteiger partial charge in [-0.1, -0.05) is 26.3 Å². The molecule has 1 aromatic carbocycles. The maximum atomic E-state index is 13.0. The Labute approximate surface area is 92.6 Å². The van der Waals surface area contributed by atoms with Crippen LogP contribution >= 0.6 is 15.9 Å². The Balaban J connectivity index is 2.91. The summed E-state index contributed by atoms with van der Waals surface area (Å²) in [6.07, 6.45) is 1.02. The third kappa shape index (κ3) is 2.55. The second-order valence-corrected chi connectivity index (χ2v) is 4.44. The zero-order valence-corrected chi connectivity index (χ0v) is 10.0. The summed E-state index contributed by atoms with van der Waals surface area (Å²) in [5.41, 5.74) is 7.00. The third-order valence-corrected chi connectivity index (χ3v) is 3.19. The second-order valence-electron chi connectivity index (χ2n) is 3.58. The lowest BCUT2D eigenvalue weighted by Gasteiger charge is -2.18. The minimum atomic E-state index is -0.245. The van der Waals surface area contributed by atoms with E-state index in [0.717, 1.165) is 12.0 Å². The summed E-state index contributed by atoms with van der Waals surface area (Å²) in [7, 11) is 0. The van der Waals surface area contributed by atoms with Crippen molar-refractivity contribution in [1.29, 1.82) is 0 Å². The number of halogens is 2. The van der Waals surface area contributed by atoms with Crippen molar-refractivity contribution in [3.63, 3.8) is 0 Å². The SMILES string of the molecule is CCC(C)[C@@H](N)c1ccc(F)c(Br)c1. The van der Waals surface area contributed by atoms with Crippen LogP contribution in [0.1, 0.15) is 31.9 Å². The lowest BCUT2D eigenvalue weighted by Crippen LogP contribution is -2.18. The summed E-state index contributed by atoms with van der Waals surface area (Å²) in [6.45, 7) is 4.20. The van der Waals surface area contributed by atoms with E-state index >= 15 is 0 Å². The van der Waals surface area contributed by atoms with Crippen LogP contribution in [-0.2, 0) is 0 Å². The van der Waals surface area contributed by atoms with Crippen LogP contribution in [0.3, 0.4) is 0 Å². The van der Waals surface area contributed by atoms with Gasteiger partial charge in [0, 0.05) is 6.04 Å². The maximum absolute atomic E-state index is 13.0. The molecule has 3 heteroatoms. The van der Waals surface area contributed by atoms with Gasteiger partial charge in [0.2, 0.25) is 0 Å². The van der Waals surface area contributed by atoms with Gasteiger partial charge in [0.1, 0.15) is 5.82 Å². The van der Waals surface area contributed by atoms with Gasteiger partial charge < -0.3 is 5.73 Å². The summed E-state index contributed by atoms with van der Waals surface area (Å²) in [5, 5.41) is 0. The van der Waals surface area contributed by atoms with E-state index in [1.165, 1.54) is 6.07 Å². The lowest BCUT2D eigenvalue weighted by atomic mass is 9.93. The molecule has 0 aromatic heterocycles. The molecule has 0 aliphatic heterocycles. The van der Waals surface area contributed by atoms with E-state index in [4.69, 9.17) is 5.73 Å². The van der Waals surface area contributed by atoms with Gasteiger partial charge in [-0.05, 0) is 39.5 Å². The molecule has 1 rings (SSSR count). The van der Waals surface area contributed by atoms with Gasteiger partial charge in [-0.2, -0.15) is 0 Å². The van der Waals surface area contributed by atoms with Crippen molar-refractivity contribution >= 4 is 15.9 Å². The molecular formula is C11H15BrFN. The molecule has 0 spiro atoms. The van der Waals surface area contributed by atoms with Gasteiger partial charge in [0.25, 0.3) is 0 Å². The first kappa shape index (κ1) is 11.7. The zero-order valence-electron chi connectivity index (χ0n) is 8.43. The summed E-state index contributed by atoms with van der Waals surface area (Å²) in [6, 6.07) is 4.93. The predicted octanol–water partition coefficient (Wildman–Crippen LogP) is 3.63. The fraction of sp³-hybridized carbons (Fsp3) is 0.455. The van der Waals surface area contributed by atoms with Crippen molar-refractivity contribution in [2.75, 3.05) is 0 Å². The average molecular weight is 260 g/mol. The highest BCUT2D eigenvalue weighted by Crippen LogP contribution is 2.25. The van der Waals surface area contributed by atoms with E-state index in [2.05, 4.69) is 29.8 Å². The molecule has 78 valence electrons. The molecule has 1 aromatic rings. The van der Waals surface area contributed by atoms with Crippen LogP contribution in [0.4, 0.5) is 4.39 Å². The molecule has 1 nitrogen and oxygen atoms in total. The molecule has 0 radical (unpaired) electrons. The molecule has 0 heterocycles. The van der Waals surface area contributed by atoms with Crippen molar-refractivity contribution in [3.8, 4) is 0 Å². The molecule has 0 bridgehead atoms. The smallest absolute Gasteiger partial charge is 0.137 e. The fourth-order valence-electron chi connectivity index (χ4n) is 1.30. The normalized spacial score (nSPS) is 15.2. The lowest BCUT2D eigenvalue weighted by molar-refractivity contribution is 0.456. The topological polar surface area (TPSA) is 26.0 Å². The van der Waals surface area contributed by atoms with Gasteiger partial charge in [0.15, 0.2) is 0 Å². The molecule has 2 N–H and O–H groups in total. The first-order chi connectivity index (χ1) is 6.56. The molecular weight excluding hydrogens is 245 g/mol. The van der Waals surface area contributed by atoms with Crippen molar-refractivity contribution in [2.45, 2.75) is 26.3 Å². The highest BCUT2D eigenvalue weighted by molar-refractivity contribution is 9.10. The molecule has 0 amide bonds. The van der Waals surface area contributed by atoms with Gasteiger partial charge >= 0.3 is 0 Å². The van der Waals surface area contributed by atoms with Gasteiger partial charge in [0.05, 0.1) is 4.47 Å². The maximum Gasteiger partial charge on any atom is 0.137 e. The molecule has 0 aliphatic carbocycles. The van der Waals surface area contributed by atoms with Crippen LogP contribution in [0.25, 0.3) is 0 Å². The van der Waals surface area contributed by atoms with Crippen LogP contribution in [0.15, 0.2) is 22.7 Å². The minimum absolute atomic E-state index is 0.0168. The summed E-state index contributed by atoms with van der Waals surface area (Å²) in [5.74, 6) is 0.164. The molecule has 0 saturated carbocycles. The average Bonchev–Trinajstić information content (AvgIpc) is 2.20. The highest BCUT2D eigenvalue weighted by atomic mass is 79.9. The zero-order chi connectivity index (χ0) is 10.7. The Morgan fingerprint density at radius 3 is 2.64 bits per heavy atom. The van der Waals surface area contributed by atoms with E-state index < -0.39 is 0 Å². The molecule has 2 atom stereocenters. The quantitative estimate of drug-likeness (QED) is 0.882. The molecule has 0 aliphatic rings. The van der Waals surface area contributed by atoms with Crippen molar-refractivity contribution in [1.82, 2.24) is 0 Å². The third-order valence-electron chi connectivity index (χ3n) is 2.59. The first-order valence-corrected chi connectivity index (χ1v) is 5.56. The second kappa shape index (κ2) is 4.89. The summed E-state index contributed by atoms with van der Waals surface area (Å²) in [4.78, 5) is 0. The number of benzene rings is 1. The Kier molecular flexibility index (Phi) is 4.08. The minimum Gasteiger partial charge on any atom is -0.324 e. The monoisotopic (exact) mass is 259 g/mol. The Hall–Kier alpha value is -0.410. The number of nitrogens with two attached hydrogens (primary N) is 1. The van der Waals surface area contributed by atoms with Gasteiger partial charge in [-0.25, -0.2) is 4.39 Å². The number of rotatable bonds is 3. The van der Waals surface area contributed by atoms with Crippen LogP contribution in [0, 0.1) is 11.7 Å². The van der Waals surface area contributed by atoms with Crippen LogP contribution in [-0.4, -0.2) is 0 Å². The summed E-state index contributed by atoms with van der Waals surface area (Å²) < 4.78 is 13.4. The molecule has 14 heavy (non-hydrogen) atoms. The van der Waals surface area contributed by atoms with Crippen LogP contribution < -0.4 is 5.73 Å². The fourth-order valence-corrected chi connectivity index (χ4v) is 1.70. The Morgan fingerprint density at radius 2 is 2.14 bits per heavy atom. The van der Waals surface area contributed by atoms with Crippen molar-refractivity contribution in [3.05, 3.63) is 34.1 Å². The Morgan fingerprint density at radius 1 is 1.50 bits per heavy atom. The standard InChI is InChI=1S/C11H15BrFN/c1-3-7(2)11(14)8-4-5-10(13)9(12)6-8/h4-7,11H,3,14H2,1-2H3/t7?,11-/m1/s1. The van der Waals surface area contributed by atoms with E-state index in [0.29, 0.717) is 10.4 Å². The first-order valence-electron chi connectivity index (χ1n) is 4.76. The van der Waals surface area contributed by atoms with E-state index in [9.17, 15) is 4.39 Å². The largest absolute Gasteiger partial charge is 0.324 e. The molecule has 0 saturated heterocycles. The van der Waals surface area contributed by atoms with Gasteiger partial charge in [-0.15, -0.1) is 0 Å². The highest BCUT2D eigenvalue weighted by Gasteiger charge is 2.14. The molecule has 0 fully saturated rings. The van der Waals surface area contributed by atoms with E-state index in [-0.39, 0.29) is 11.9 Å². The van der Waals surface area contributed by atoms with Crippen LogP contribution in [0.5, 0.6) is 0 Å². The Bertz CT molecular complexity index is 314. The van der Waals surface area contributed by atoms with Crippen molar-refractivity contribution < 1.29 is 4.39 Å². The predicted molar refractivity (Wildman–Crippen MR) is 60.5 cm³/mol. The number of hydrogen-bond acceptors (Lipinski definition) is 1. The van der Waals surface area contributed by atoms with Gasteiger partial charge in [-0.3, -0.25) is 0 Å². The van der Waals surface area contributed by atoms with Crippen molar-refractivity contribution in [2.24, 2.45) is 11.7 Å². The van der Waals surface area contributed by atoms with E-state index in [1.54, 1.807) is 12.1 Å². The summed E-state index contributed by atoms with van der Waals surface area (Å²) >= 11 is 3.15. The van der Waals surface area contributed by atoms with E-state index in [1.807, 2.05) is 0 Å².